The zero-order valence-corrected chi connectivity index (χ0v) is 12.3. The SMILES string of the molecule is O=[N+]([O-])c1ccc(Cl)nc1Nc1ccc2nc[nH]c2c1.S. The monoisotopic (exact) mass is 323 g/mol. The van der Waals surface area contributed by atoms with E-state index < -0.39 is 4.92 Å². The smallest absolute Gasteiger partial charge is 0.311 e. The average Bonchev–Trinajstić information content (AvgIpc) is 2.85. The highest BCUT2D eigenvalue weighted by molar-refractivity contribution is 7.59. The van der Waals surface area contributed by atoms with Gasteiger partial charge in [0.2, 0.25) is 5.82 Å². The van der Waals surface area contributed by atoms with Gasteiger partial charge in [0.05, 0.1) is 22.3 Å². The van der Waals surface area contributed by atoms with Crippen LogP contribution >= 0.6 is 25.1 Å². The van der Waals surface area contributed by atoms with Crippen LogP contribution in [-0.2, 0) is 0 Å². The van der Waals surface area contributed by atoms with Gasteiger partial charge >= 0.3 is 5.69 Å². The second-order valence-corrected chi connectivity index (χ2v) is 4.41. The predicted molar refractivity (Wildman–Crippen MR) is 85.7 cm³/mol. The van der Waals surface area contributed by atoms with Crippen LogP contribution in [0, 0.1) is 10.1 Å². The third-order valence-corrected chi connectivity index (χ3v) is 2.93. The molecule has 108 valence electrons. The maximum absolute atomic E-state index is 11.0. The molecule has 0 aliphatic heterocycles. The van der Waals surface area contributed by atoms with Gasteiger partial charge in [-0.05, 0) is 24.3 Å². The number of aromatic amines is 1. The van der Waals surface area contributed by atoms with Crippen LogP contribution in [0.15, 0.2) is 36.7 Å². The number of nitrogens with zero attached hydrogens (tertiary/aromatic N) is 3. The molecule has 9 heteroatoms. The minimum absolute atomic E-state index is 0. The maximum Gasteiger partial charge on any atom is 0.311 e. The van der Waals surface area contributed by atoms with Gasteiger partial charge in [0.1, 0.15) is 5.15 Å². The van der Waals surface area contributed by atoms with E-state index in [1.807, 2.05) is 0 Å². The molecule has 0 atom stereocenters. The quantitative estimate of drug-likeness (QED) is 0.437. The Hall–Kier alpha value is -2.32. The highest BCUT2D eigenvalue weighted by Gasteiger charge is 2.16. The maximum atomic E-state index is 11.0. The van der Waals surface area contributed by atoms with E-state index >= 15 is 0 Å². The average molecular weight is 324 g/mol. The van der Waals surface area contributed by atoms with E-state index in [1.165, 1.54) is 12.1 Å². The van der Waals surface area contributed by atoms with Crippen LogP contribution in [0.5, 0.6) is 0 Å². The zero-order chi connectivity index (χ0) is 14.1. The minimum atomic E-state index is -0.514. The highest BCUT2D eigenvalue weighted by atomic mass is 35.5. The summed E-state index contributed by atoms with van der Waals surface area (Å²) in [4.78, 5) is 21.5. The normalized spacial score (nSPS) is 10.1. The predicted octanol–water partition coefficient (Wildman–Crippen LogP) is 3.38. The van der Waals surface area contributed by atoms with E-state index in [1.54, 1.807) is 24.5 Å². The molecule has 0 spiro atoms. The molecule has 0 aliphatic carbocycles. The van der Waals surface area contributed by atoms with E-state index in [-0.39, 0.29) is 30.2 Å². The van der Waals surface area contributed by atoms with Gasteiger partial charge in [-0.1, -0.05) is 11.6 Å². The van der Waals surface area contributed by atoms with Crippen molar-refractivity contribution in [2.45, 2.75) is 0 Å². The summed E-state index contributed by atoms with van der Waals surface area (Å²) < 4.78 is 0. The highest BCUT2D eigenvalue weighted by Crippen LogP contribution is 2.28. The first-order valence-corrected chi connectivity index (χ1v) is 6.02. The van der Waals surface area contributed by atoms with E-state index in [0.29, 0.717) is 5.69 Å². The molecule has 21 heavy (non-hydrogen) atoms. The Bertz CT molecular complexity index is 807. The molecule has 2 heterocycles. The Morgan fingerprint density at radius 1 is 1.29 bits per heavy atom. The van der Waals surface area contributed by atoms with Crippen molar-refractivity contribution >= 4 is 53.3 Å². The fourth-order valence-electron chi connectivity index (χ4n) is 1.82. The van der Waals surface area contributed by atoms with Gasteiger partial charge in [0.15, 0.2) is 0 Å². The van der Waals surface area contributed by atoms with Crippen LogP contribution in [0.2, 0.25) is 5.15 Å². The van der Waals surface area contributed by atoms with Crippen LogP contribution in [0.25, 0.3) is 11.0 Å². The number of H-pyrrole nitrogens is 1. The number of anilines is 2. The second-order valence-electron chi connectivity index (χ2n) is 4.02. The van der Waals surface area contributed by atoms with Crippen molar-refractivity contribution in [2.75, 3.05) is 5.32 Å². The molecule has 2 aromatic heterocycles. The van der Waals surface area contributed by atoms with Gasteiger partial charge in [-0.15, -0.1) is 0 Å². The molecule has 2 N–H and O–H groups in total. The molecule has 0 bridgehead atoms. The van der Waals surface area contributed by atoms with Crippen molar-refractivity contribution in [2.24, 2.45) is 0 Å². The summed E-state index contributed by atoms with van der Waals surface area (Å²) >= 11 is 5.78. The number of halogens is 1. The molecule has 0 radical (unpaired) electrons. The molecule has 1 aromatic carbocycles. The van der Waals surface area contributed by atoms with Crippen molar-refractivity contribution in [1.29, 1.82) is 0 Å². The molecular formula is C12H10ClN5O2S. The summed E-state index contributed by atoms with van der Waals surface area (Å²) in [5, 5.41) is 14.0. The zero-order valence-electron chi connectivity index (χ0n) is 10.5. The number of aromatic nitrogens is 3. The Morgan fingerprint density at radius 3 is 2.86 bits per heavy atom. The molecule has 3 aromatic rings. The third-order valence-electron chi connectivity index (χ3n) is 2.72. The topological polar surface area (TPSA) is 96.7 Å². The summed E-state index contributed by atoms with van der Waals surface area (Å²) in [7, 11) is 0. The standard InChI is InChI=1S/C12H8ClN5O2.H2S/c13-11-4-3-10(18(19)20)12(17-11)16-7-1-2-8-9(5-7)15-6-14-8;/h1-6H,(H,14,15)(H,16,17);1H2. The molecule has 0 saturated carbocycles. The summed E-state index contributed by atoms with van der Waals surface area (Å²) in [5.74, 6) is 0.0985. The van der Waals surface area contributed by atoms with Crippen LogP contribution < -0.4 is 5.32 Å². The molecule has 0 amide bonds. The number of hydrogen-bond donors (Lipinski definition) is 2. The van der Waals surface area contributed by atoms with Crippen molar-refractivity contribution in [3.8, 4) is 0 Å². The Kier molecular flexibility index (Phi) is 4.29. The van der Waals surface area contributed by atoms with Crippen molar-refractivity contribution in [3.63, 3.8) is 0 Å². The number of nitrogens with one attached hydrogen (secondary N) is 2. The number of hydrogen-bond acceptors (Lipinski definition) is 5. The Balaban J connectivity index is 0.00000161. The van der Waals surface area contributed by atoms with E-state index in [9.17, 15) is 10.1 Å². The first kappa shape index (κ1) is 15.1. The summed E-state index contributed by atoms with van der Waals surface area (Å²) in [6, 6.07) is 8.03. The fourth-order valence-corrected chi connectivity index (χ4v) is 1.96. The van der Waals surface area contributed by atoms with Gasteiger partial charge in [-0.3, -0.25) is 10.1 Å². The number of fused-ring (bicyclic) bond motifs is 1. The lowest BCUT2D eigenvalue weighted by molar-refractivity contribution is -0.384. The van der Waals surface area contributed by atoms with Crippen molar-refractivity contribution < 1.29 is 4.92 Å². The van der Waals surface area contributed by atoms with Crippen LogP contribution in [-0.4, -0.2) is 19.9 Å². The molecule has 0 fully saturated rings. The van der Waals surface area contributed by atoms with Gasteiger partial charge in [-0.2, -0.15) is 13.5 Å². The van der Waals surface area contributed by atoms with E-state index in [2.05, 4.69) is 20.3 Å². The number of pyridine rings is 1. The molecule has 0 aliphatic rings. The van der Waals surface area contributed by atoms with Crippen LogP contribution in [0.1, 0.15) is 0 Å². The molecule has 0 unspecified atom stereocenters. The fraction of sp³-hybridized carbons (Fsp3) is 0. The van der Waals surface area contributed by atoms with Gasteiger partial charge < -0.3 is 10.3 Å². The summed E-state index contributed by atoms with van der Waals surface area (Å²) in [6.07, 6.45) is 1.58. The second kappa shape index (κ2) is 5.98. The Morgan fingerprint density at radius 2 is 2.10 bits per heavy atom. The van der Waals surface area contributed by atoms with Crippen molar-refractivity contribution in [3.05, 3.63) is 51.9 Å². The molecule has 3 rings (SSSR count). The van der Waals surface area contributed by atoms with E-state index in [0.717, 1.165) is 11.0 Å². The Labute approximate surface area is 131 Å². The van der Waals surface area contributed by atoms with Gasteiger partial charge in [0.25, 0.3) is 0 Å². The lowest BCUT2D eigenvalue weighted by Crippen LogP contribution is -1.99. The number of nitro groups is 1. The first-order chi connectivity index (χ1) is 9.63. The molecule has 0 saturated heterocycles. The van der Waals surface area contributed by atoms with Crippen molar-refractivity contribution in [1.82, 2.24) is 15.0 Å². The third kappa shape index (κ3) is 3.06. The van der Waals surface area contributed by atoms with Gasteiger partial charge in [0, 0.05) is 11.8 Å². The number of benzene rings is 1. The van der Waals surface area contributed by atoms with Crippen LogP contribution in [0.4, 0.5) is 17.2 Å². The lowest BCUT2D eigenvalue weighted by Gasteiger charge is -2.06. The van der Waals surface area contributed by atoms with Crippen LogP contribution in [0.3, 0.4) is 0 Å². The number of rotatable bonds is 3. The lowest BCUT2D eigenvalue weighted by atomic mass is 10.2. The molecule has 7 nitrogen and oxygen atoms in total. The number of imidazole rings is 1. The first-order valence-electron chi connectivity index (χ1n) is 5.64. The van der Waals surface area contributed by atoms with Gasteiger partial charge in [-0.25, -0.2) is 9.97 Å². The van der Waals surface area contributed by atoms with E-state index in [4.69, 9.17) is 11.6 Å². The largest absolute Gasteiger partial charge is 0.345 e. The summed E-state index contributed by atoms with van der Waals surface area (Å²) in [6.45, 7) is 0. The minimum Gasteiger partial charge on any atom is -0.345 e. The molecular weight excluding hydrogens is 314 g/mol. The summed E-state index contributed by atoms with van der Waals surface area (Å²) in [5.41, 5.74) is 2.14.